The SMILES string of the molecule is O=S1(=O)CCN2CCCC(c3ccc(Oc4ccccc4C(F)(F)F)cc3)C2=N1.[O]=[Pt]=[O]. The summed E-state index contributed by atoms with van der Waals surface area (Å²) in [5, 5.41) is 0. The molecule has 1 saturated heterocycles. The van der Waals surface area contributed by atoms with E-state index in [1.807, 2.05) is 4.90 Å². The second kappa shape index (κ2) is 10.1. The van der Waals surface area contributed by atoms with Crippen molar-refractivity contribution >= 4 is 15.9 Å². The first-order valence-electron chi connectivity index (χ1n) is 9.50. The summed E-state index contributed by atoms with van der Waals surface area (Å²) in [6.45, 7) is 1.22. The Morgan fingerprint density at radius 3 is 2.34 bits per heavy atom. The van der Waals surface area contributed by atoms with Gasteiger partial charge in [-0.15, -0.1) is 4.40 Å². The molecule has 0 amide bonds. The Bertz CT molecular complexity index is 1130. The first kappa shape index (κ1) is 24.4. The first-order chi connectivity index (χ1) is 15.1. The van der Waals surface area contributed by atoms with Crippen molar-refractivity contribution in [3.8, 4) is 11.5 Å². The molecule has 7 nitrogen and oxygen atoms in total. The van der Waals surface area contributed by atoms with Gasteiger partial charge in [-0.05, 0) is 42.7 Å². The van der Waals surface area contributed by atoms with E-state index in [2.05, 4.69) is 4.40 Å². The number of alkyl halides is 3. The Labute approximate surface area is 191 Å². The molecule has 0 aromatic heterocycles. The third-order valence-corrected chi connectivity index (χ3v) is 6.27. The Hall–Kier alpha value is -2.26. The normalized spacial score (nSPS) is 19.9. The van der Waals surface area contributed by atoms with E-state index >= 15 is 0 Å². The number of ether oxygens (including phenoxy) is 1. The second-order valence-corrected chi connectivity index (χ2v) is 9.27. The summed E-state index contributed by atoms with van der Waals surface area (Å²) in [6, 6.07) is 11.7. The van der Waals surface area contributed by atoms with Crippen molar-refractivity contribution in [1.82, 2.24) is 4.90 Å². The number of benzene rings is 2. The Morgan fingerprint density at radius 2 is 1.69 bits per heavy atom. The topological polar surface area (TPSA) is 93.1 Å². The molecule has 1 atom stereocenters. The monoisotopic (exact) mass is 651 g/mol. The molecule has 12 heteroatoms. The van der Waals surface area contributed by atoms with Crippen LogP contribution in [-0.2, 0) is 41.5 Å². The first-order valence-corrected chi connectivity index (χ1v) is 13.0. The van der Waals surface area contributed by atoms with Crippen LogP contribution < -0.4 is 4.74 Å². The van der Waals surface area contributed by atoms with E-state index in [9.17, 15) is 21.6 Å². The van der Waals surface area contributed by atoms with Gasteiger partial charge in [0.25, 0.3) is 10.0 Å². The van der Waals surface area contributed by atoms with Gasteiger partial charge in [0.2, 0.25) is 0 Å². The minimum atomic E-state index is -4.51. The van der Waals surface area contributed by atoms with Crippen LogP contribution in [0.25, 0.3) is 0 Å². The molecule has 2 heterocycles. The molecule has 1 unspecified atom stereocenters. The van der Waals surface area contributed by atoms with Crippen LogP contribution in [0.15, 0.2) is 52.9 Å². The third-order valence-electron chi connectivity index (χ3n) is 5.11. The maximum absolute atomic E-state index is 13.1. The Morgan fingerprint density at radius 1 is 1.03 bits per heavy atom. The van der Waals surface area contributed by atoms with E-state index in [0.717, 1.165) is 31.0 Å². The van der Waals surface area contributed by atoms with E-state index in [-0.39, 0.29) is 23.2 Å². The molecule has 0 aliphatic carbocycles. The molecule has 4 rings (SSSR count). The summed E-state index contributed by atoms with van der Waals surface area (Å²) >= 11 is -1.92. The molecule has 2 aliphatic rings. The summed E-state index contributed by atoms with van der Waals surface area (Å²) < 4.78 is 89.7. The number of para-hydroxylation sites is 1. The molecule has 176 valence electrons. The van der Waals surface area contributed by atoms with Crippen LogP contribution in [0.2, 0.25) is 0 Å². The molecule has 32 heavy (non-hydrogen) atoms. The predicted octanol–water partition coefficient (Wildman–Crippen LogP) is 4.18. The summed E-state index contributed by atoms with van der Waals surface area (Å²) in [6.07, 6.45) is -2.82. The van der Waals surface area contributed by atoms with Crippen LogP contribution in [-0.4, -0.2) is 38.0 Å². The second-order valence-electron chi connectivity index (χ2n) is 7.14. The van der Waals surface area contributed by atoms with E-state index in [0.29, 0.717) is 12.4 Å². The number of amidine groups is 1. The summed E-state index contributed by atoms with van der Waals surface area (Å²) in [4.78, 5) is 2.00. The molecule has 2 aromatic carbocycles. The standard InChI is InChI=1S/C20H19F3N2O3S.2O.Pt/c21-20(22,23)17-5-1-2-6-18(17)28-15-9-7-14(8-10-15)16-4-3-11-25-12-13-29(26,27)24-19(16)25;;;/h1-2,5-10,16H,3-4,11-13H2;;;. The molecule has 0 radical (unpaired) electrons. The molecule has 0 N–H and O–H groups in total. The van der Waals surface area contributed by atoms with Crippen molar-refractivity contribution in [3.05, 3.63) is 59.7 Å². The van der Waals surface area contributed by atoms with Crippen molar-refractivity contribution in [3.63, 3.8) is 0 Å². The fourth-order valence-corrected chi connectivity index (χ4v) is 4.78. The van der Waals surface area contributed by atoms with Gasteiger partial charge in [-0.2, -0.15) is 13.2 Å². The molecule has 0 bridgehead atoms. The number of fused-ring (bicyclic) bond motifs is 1. The number of nitrogens with zero attached hydrogens (tertiary/aromatic N) is 2. The van der Waals surface area contributed by atoms with Gasteiger partial charge in [-0.3, -0.25) is 0 Å². The molecule has 2 aromatic rings. The predicted molar refractivity (Wildman–Crippen MR) is 104 cm³/mol. The van der Waals surface area contributed by atoms with E-state index < -0.39 is 40.3 Å². The van der Waals surface area contributed by atoms with Crippen molar-refractivity contribution in [2.45, 2.75) is 24.9 Å². The zero-order valence-electron chi connectivity index (χ0n) is 16.5. The van der Waals surface area contributed by atoms with Crippen LogP contribution in [0.3, 0.4) is 0 Å². The fraction of sp³-hybridized carbons (Fsp3) is 0.350. The van der Waals surface area contributed by atoms with Gasteiger partial charge in [0, 0.05) is 19.0 Å². The average molecular weight is 652 g/mol. The number of halogens is 3. The van der Waals surface area contributed by atoms with E-state index in [1.165, 1.54) is 18.2 Å². The molecular formula is C20H19F3N2O5PtS. The van der Waals surface area contributed by atoms with Gasteiger partial charge in [0.1, 0.15) is 17.3 Å². The molecule has 1 fully saturated rings. The maximum atomic E-state index is 13.1. The third kappa shape index (κ3) is 5.95. The van der Waals surface area contributed by atoms with Crippen molar-refractivity contribution in [1.29, 1.82) is 0 Å². The Balaban J connectivity index is 0.000000913. The number of piperidine rings is 1. The van der Waals surface area contributed by atoms with Gasteiger partial charge in [-0.25, -0.2) is 8.42 Å². The molecular weight excluding hydrogens is 632 g/mol. The zero-order valence-corrected chi connectivity index (χ0v) is 19.6. The van der Waals surface area contributed by atoms with Gasteiger partial charge in [-0.1, -0.05) is 24.3 Å². The van der Waals surface area contributed by atoms with Crippen molar-refractivity contribution in [2.75, 3.05) is 18.8 Å². The van der Waals surface area contributed by atoms with Crippen LogP contribution in [0, 0.1) is 0 Å². The summed E-state index contributed by atoms with van der Waals surface area (Å²) in [5.41, 5.74) is 0.0239. The quantitative estimate of drug-likeness (QED) is 0.495. The average Bonchev–Trinajstić information content (AvgIpc) is 2.74. The van der Waals surface area contributed by atoms with Crippen molar-refractivity contribution in [2.24, 2.45) is 4.40 Å². The fourth-order valence-electron chi connectivity index (χ4n) is 3.71. The minimum absolute atomic E-state index is 0.0224. The summed E-state index contributed by atoms with van der Waals surface area (Å²) in [7, 11) is -3.45. The summed E-state index contributed by atoms with van der Waals surface area (Å²) in [5.74, 6) is 0.429. The van der Waals surface area contributed by atoms with Gasteiger partial charge < -0.3 is 9.64 Å². The molecule has 0 saturated carbocycles. The number of rotatable bonds is 3. The van der Waals surface area contributed by atoms with E-state index in [1.54, 1.807) is 24.3 Å². The van der Waals surface area contributed by atoms with Gasteiger partial charge in [0.15, 0.2) is 0 Å². The van der Waals surface area contributed by atoms with Crippen molar-refractivity contribution < 1.29 is 51.6 Å². The van der Waals surface area contributed by atoms with Gasteiger partial charge in [0.05, 0.1) is 11.3 Å². The van der Waals surface area contributed by atoms with E-state index in [4.69, 9.17) is 11.5 Å². The molecule has 2 aliphatic heterocycles. The van der Waals surface area contributed by atoms with Crippen LogP contribution >= 0.6 is 0 Å². The number of hydrogen-bond donors (Lipinski definition) is 0. The van der Waals surface area contributed by atoms with Crippen LogP contribution in [0.1, 0.15) is 29.9 Å². The van der Waals surface area contributed by atoms with Gasteiger partial charge >= 0.3 is 31.5 Å². The number of hydrogen-bond acceptors (Lipinski definition) is 6. The number of sulfonamides is 1. The zero-order chi connectivity index (χ0) is 23.4. The van der Waals surface area contributed by atoms with Crippen LogP contribution in [0.5, 0.6) is 11.5 Å². The Kier molecular flexibility index (Phi) is 7.71. The van der Waals surface area contributed by atoms with Crippen LogP contribution in [0.4, 0.5) is 13.2 Å². The molecule has 0 spiro atoms.